The number of ether oxygens (including phenoxy) is 2. The number of hydrogen-bond acceptors (Lipinski definition) is 5. The monoisotopic (exact) mass is 397 g/mol. The van der Waals surface area contributed by atoms with Gasteiger partial charge in [0.25, 0.3) is 0 Å². The third-order valence-corrected chi connectivity index (χ3v) is 8.21. The lowest BCUT2D eigenvalue weighted by atomic mass is 9.49. The van der Waals surface area contributed by atoms with Gasteiger partial charge in [-0.1, -0.05) is 0 Å². The van der Waals surface area contributed by atoms with Crippen LogP contribution in [-0.2, 0) is 9.53 Å². The highest BCUT2D eigenvalue weighted by Crippen LogP contribution is 2.61. The van der Waals surface area contributed by atoms with E-state index in [0.717, 1.165) is 68.6 Å². The maximum absolute atomic E-state index is 13.5. The molecular weight excluding hydrogens is 366 g/mol. The van der Waals surface area contributed by atoms with Gasteiger partial charge in [-0.3, -0.25) is 9.78 Å². The lowest BCUT2D eigenvalue weighted by Crippen LogP contribution is -2.70. The topological polar surface area (TPSA) is 64.6 Å². The molecule has 4 aliphatic carbocycles. The molecular formula is C23H31N3O3. The van der Waals surface area contributed by atoms with Gasteiger partial charge in [-0.25, -0.2) is 4.98 Å². The van der Waals surface area contributed by atoms with Crippen LogP contribution in [0.25, 0.3) is 0 Å². The highest BCUT2D eigenvalue weighted by atomic mass is 16.5. The van der Waals surface area contributed by atoms with E-state index < -0.39 is 0 Å². The minimum Gasteiger partial charge on any atom is -0.473 e. The van der Waals surface area contributed by atoms with E-state index in [-0.39, 0.29) is 17.1 Å². The first-order valence-electron chi connectivity index (χ1n) is 11.4. The van der Waals surface area contributed by atoms with Crippen LogP contribution in [-0.4, -0.2) is 52.2 Å². The zero-order chi connectivity index (χ0) is 19.6. The van der Waals surface area contributed by atoms with E-state index in [1.165, 1.54) is 19.3 Å². The van der Waals surface area contributed by atoms with E-state index in [2.05, 4.69) is 14.9 Å². The van der Waals surface area contributed by atoms with Crippen LogP contribution < -0.4 is 4.74 Å². The minimum absolute atomic E-state index is 0.0436. The van der Waals surface area contributed by atoms with Crippen LogP contribution in [0.15, 0.2) is 12.4 Å². The Morgan fingerprint density at radius 2 is 1.79 bits per heavy atom. The zero-order valence-corrected chi connectivity index (χ0v) is 17.3. The maximum atomic E-state index is 13.5. The first-order chi connectivity index (χ1) is 14.0. The maximum Gasteiger partial charge on any atom is 0.232 e. The summed E-state index contributed by atoms with van der Waals surface area (Å²) in [7, 11) is 0. The van der Waals surface area contributed by atoms with Crippen molar-refractivity contribution in [1.29, 1.82) is 0 Å². The molecule has 1 aromatic rings. The predicted molar refractivity (Wildman–Crippen MR) is 106 cm³/mol. The summed E-state index contributed by atoms with van der Waals surface area (Å²) in [6, 6.07) is 0. The zero-order valence-electron chi connectivity index (χ0n) is 17.3. The van der Waals surface area contributed by atoms with Crippen LogP contribution in [0, 0.1) is 30.1 Å². The number of aryl methyl sites for hydroxylation is 1. The molecule has 0 N–H and O–H groups in total. The Balaban J connectivity index is 1.10. The lowest BCUT2D eigenvalue weighted by molar-refractivity contribution is -0.205. The quantitative estimate of drug-likeness (QED) is 0.784. The summed E-state index contributed by atoms with van der Waals surface area (Å²) in [5.74, 6) is 3.44. The standard InChI is InChI=1S/C23H31N3O3/c1-15-11-24-12-20(25-15)29-19-2-3-28-23(10-19)13-26(14-23)21(27)22-7-16-4-17(8-22)6-18(5-16)9-22/h11-12,16-19H,2-10,13-14H2,1H3. The Morgan fingerprint density at radius 1 is 1.10 bits per heavy atom. The van der Waals surface area contributed by atoms with Crippen LogP contribution in [0.2, 0.25) is 0 Å². The van der Waals surface area contributed by atoms with Crippen molar-refractivity contribution in [3.63, 3.8) is 0 Å². The summed E-state index contributed by atoms with van der Waals surface area (Å²) < 4.78 is 12.3. The average Bonchev–Trinajstić information content (AvgIpc) is 2.64. The SMILES string of the molecule is Cc1cncc(OC2CCOC3(C2)CN(C(=O)C24CC5CC(CC(C5)C2)C4)C3)n1. The largest absolute Gasteiger partial charge is 0.473 e. The fraction of sp³-hybridized carbons (Fsp3) is 0.783. The van der Waals surface area contributed by atoms with Gasteiger partial charge in [0.15, 0.2) is 0 Å². The minimum atomic E-state index is -0.224. The number of aromatic nitrogens is 2. The Bertz CT molecular complexity index is 784. The summed E-state index contributed by atoms with van der Waals surface area (Å²) in [5.41, 5.74) is 0.594. The van der Waals surface area contributed by atoms with Crippen LogP contribution in [0.1, 0.15) is 57.1 Å². The summed E-state index contributed by atoms with van der Waals surface area (Å²) in [6.07, 6.45) is 12.7. The van der Waals surface area contributed by atoms with Gasteiger partial charge in [0.2, 0.25) is 11.8 Å². The molecule has 7 rings (SSSR count). The number of nitrogens with zero attached hydrogens (tertiary/aromatic N) is 3. The average molecular weight is 398 g/mol. The first-order valence-corrected chi connectivity index (χ1v) is 11.4. The summed E-state index contributed by atoms with van der Waals surface area (Å²) in [4.78, 5) is 24.2. The molecule has 3 heterocycles. The normalized spacial score (nSPS) is 39.4. The van der Waals surface area contributed by atoms with Crippen molar-refractivity contribution in [2.45, 2.75) is 70.0 Å². The number of carbonyl (C=O) groups is 1. The molecule has 156 valence electrons. The molecule has 2 aliphatic heterocycles. The second-order valence-electron chi connectivity index (χ2n) is 10.6. The third-order valence-electron chi connectivity index (χ3n) is 8.21. The van der Waals surface area contributed by atoms with Crippen molar-refractivity contribution in [1.82, 2.24) is 14.9 Å². The van der Waals surface area contributed by atoms with Crippen molar-refractivity contribution in [3.8, 4) is 5.88 Å². The molecule has 1 atom stereocenters. The van der Waals surface area contributed by atoms with Crippen LogP contribution in [0.5, 0.6) is 5.88 Å². The number of carbonyl (C=O) groups excluding carboxylic acids is 1. The molecule has 2 saturated heterocycles. The summed E-state index contributed by atoms with van der Waals surface area (Å²) >= 11 is 0. The van der Waals surface area contributed by atoms with Gasteiger partial charge < -0.3 is 14.4 Å². The molecule has 4 saturated carbocycles. The van der Waals surface area contributed by atoms with E-state index in [4.69, 9.17) is 9.47 Å². The summed E-state index contributed by atoms with van der Waals surface area (Å²) in [6.45, 7) is 4.06. The Kier molecular flexibility index (Phi) is 4.00. The van der Waals surface area contributed by atoms with Crippen molar-refractivity contribution >= 4 is 5.91 Å². The van der Waals surface area contributed by atoms with Crippen molar-refractivity contribution in [2.24, 2.45) is 23.2 Å². The van der Waals surface area contributed by atoms with E-state index in [0.29, 0.717) is 18.4 Å². The number of likely N-dealkylation sites (tertiary alicyclic amines) is 1. The highest BCUT2D eigenvalue weighted by molar-refractivity contribution is 5.84. The van der Waals surface area contributed by atoms with Crippen molar-refractivity contribution in [2.75, 3.05) is 19.7 Å². The Morgan fingerprint density at radius 3 is 2.45 bits per heavy atom. The molecule has 6 heteroatoms. The van der Waals surface area contributed by atoms with Crippen molar-refractivity contribution in [3.05, 3.63) is 18.1 Å². The van der Waals surface area contributed by atoms with Crippen molar-refractivity contribution < 1.29 is 14.3 Å². The van der Waals surface area contributed by atoms with Gasteiger partial charge in [0, 0.05) is 19.0 Å². The molecule has 6 fully saturated rings. The molecule has 4 bridgehead atoms. The molecule has 1 aromatic heterocycles. The van der Waals surface area contributed by atoms with Gasteiger partial charge in [0.05, 0.1) is 37.0 Å². The van der Waals surface area contributed by atoms with Gasteiger partial charge in [-0.2, -0.15) is 0 Å². The Hall–Kier alpha value is -1.69. The van der Waals surface area contributed by atoms with Gasteiger partial charge >= 0.3 is 0 Å². The van der Waals surface area contributed by atoms with Crippen LogP contribution in [0.4, 0.5) is 0 Å². The molecule has 29 heavy (non-hydrogen) atoms. The molecule has 1 spiro atoms. The number of amides is 1. The van der Waals surface area contributed by atoms with Crippen LogP contribution >= 0.6 is 0 Å². The molecule has 6 aliphatic rings. The van der Waals surface area contributed by atoms with E-state index in [1.807, 2.05) is 6.92 Å². The first kappa shape index (κ1) is 18.1. The second-order valence-corrected chi connectivity index (χ2v) is 10.6. The van der Waals surface area contributed by atoms with E-state index in [1.54, 1.807) is 12.4 Å². The van der Waals surface area contributed by atoms with Gasteiger partial charge in [0.1, 0.15) is 11.7 Å². The molecule has 1 amide bonds. The fourth-order valence-electron chi connectivity index (χ4n) is 7.47. The molecule has 1 unspecified atom stereocenters. The molecule has 0 aromatic carbocycles. The Labute approximate surface area is 172 Å². The number of hydrogen-bond donors (Lipinski definition) is 0. The van der Waals surface area contributed by atoms with Crippen LogP contribution in [0.3, 0.4) is 0 Å². The van der Waals surface area contributed by atoms with Gasteiger partial charge in [-0.15, -0.1) is 0 Å². The smallest absolute Gasteiger partial charge is 0.232 e. The molecule has 6 nitrogen and oxygen atoms in total. The molecule has 0 radical (unpaired) electrons. The number of rotatable bonds is 3. The predicted octanol–water partition coefficient (Wildman–Crippen LogP) is 3.14. The third kappa shape index (κ3) is 3.06. The summed E-state index contributed by atoms with van der Waals surface area (Å²) in [5, 5.41) is 0. The highest BCUT2D eigenvalue weighted by Gasteiger charge is 2.59. The second kappa shape index (κ2) is 6.40. The van der Waals surface area contributed by atoms with Gasteiger partial charge in [-0.05, 0) is 63.2 Å². The fourth-order valence-corrected chi connectivity index (χ4v) is 7.47. The van der Waals surface area contributed by atoms with E-state index in [9.17, 15) is 4.79 Å². The lowest BCUT2D eigenvalue weighted by Gasteiger charge is -2.60. The van der Waals surface area contributed by atoms with E-state index >= 15 is 0 Å².